The van der Waals surface area contributed by atoms with Gasteiger partial charge in [-0.2, -0.15) is 0 Å². The standard InChI is InChI=1S/C21H26BrNO3/c1-3-5-13-25-19-12-11-16(22)15-17(19)21(24)23-18-9-7-8-10-20(18)26-14-6-4-2/h7-12,15H,3-6,13-14H2,1-2H3,(H,23,24). The average Bonchev–Trinajstić information content (AvgIpc) is 2.64. The summed E-state index contributed by atoms with van der Waals surface area (Å²) >= 11 is 3.43. The van der Waals surface area contributed by atoms with Crippen molar-refractivity contribution < 1.29 is 14.3 Å². The predicted molar refractivity (Wildman–Crippen MR) is 109 cm³/mol. The molecule has 5 heteroatoms. The van der Waals surface area contributed by atoms with E-state index >= 15 is 0 Å². The van der Waals surface area contributed by atoms with Crippen LogP contribution in [0.4, 0.5) is 5.69 Å². The highest BCUT2D eigenvalue weighted by molar-refractivity contribution is 9.10. The fraction of sp³-hybridized carbons (Fsp3) is 0.381. The van der Waals surface area contributed by atoms with E-state index in [4.69, 9.17) is 9.47 Å². The summed E-state index contributed by atoms with van der Waals surface area (Å²) in [7, 11) is 0. The molecule has 0 spiro atoms. The minimum atomic E-state index is -0.218. The number of rotatable bonds is 10. The molecule has 0 atom stereocenters. The minimum absolute atomic E-state index is 0.218. The second-order valence-corrected chi connectivity index (χ2v) is 6.91. The number of halogens is 1. The van der Waals surface area contributed by atoms with Gasteiger partial charge in [-0.1, -0.05) is 54.8 Å². The van der Waals surface area contributed by atoms with Gasteiger partial charge in [0.25, 0.3) is 5.91 Å². The van der Waals surface area contributed by atoms with Crippen LogP contribution in [0.15, 0.2) is 46.9 Å². The Hall–Kier alpha value is -2.01. The number of para-hydroxylation sites is 2. The van der Waals surface area contributed by atoms with Crippen LogP contribution in [-0.2, 0) is 0 Å². The van der Waals surface area contributed by atoms with Gasteiger partial charge in [0.05, 0.1) is 24.5 Å². The molecular weight excluding hydrogens is 394 g/mol. The third-order valence-corrected chi connectivity index (χ3v) is 4.33. The Labute approximate surface area is 164 Å². The lowest BCUT2D eigenvalue weighted by molar-refractivity contribution is 0.102. The van der Waals surface area contributed by atoms with E-state index in [1.165, 1.54) is 0 Å². The van der Waals surface area contributed by atoms with E-state index in [1.807, 2.05) is 36.4 Å². The van der Waals surface area contributed by atoms with Gasteiger partial charge in [0.2, 0.25) is 0 Å². The lowest BCUT2D eigenvalue weighted by atomic mass is 10.1. The van der Waals surface area contributed by atoms with Gasteiger partial charge in [0.15, 0.2) is 0 Å². The van der Waals surface area contributed by atoms with Gasteiger partial charge in [-0.25, -0.2) is 0 Å². The number of ether oxygens (including phenoxy) is 2. The molecule has 4 nitrogen and oxygen atoms in total. The van der Waals surface area contributed by atoms with E-state index in [1.54, 1.807) is 6.07 Å². The smallest absolute Gasteiger partial charge is 0.259 e. The first kappa shape index (κ1) is 20.3. The van der Waals surface area contributed by atoms with E-state index in [-0.39, 0.29) is 5.91 Å². The zero-order valence-corrected chi connectivity index (χ0v) is 17.0. The van der Waals surface area contributed by atoms with Crippen LogP contribution in [0, 0.1) is 0 Å². The molecule has 0 fully saturated rings. The molecule has 1 amide bonds. The van der Waals surface area contributed by atoms with Gasteiger partial charge in [-0.05, 0) is 43.2 Å². The normalized spacial score (nSPS) is 10.4. The molecule has 0 bridgehead atoms. The molecule has 0 aliphatic rings. The van der Waals surface area contributed by atoms with E-state index in [2.05, 4.69) is 35.1 Å². The fourth-order valence-electron chi connectivity index (χ4n) is 2.34. The molecule has 0 heterocycles. The molecule has 0 saturated carbocycles. The van der Waals surface area contributed by atoms with Crippen molar-refractivity contribution >= 4 is 27.5 Å². The van der Waals surface area contributed by atoms with Crippen LogP contribution in [0.25, 0.3) is 0 Å². The van der Waals surface area contributed by atoms with E-state index < -0.39 is 0 Å². The number of hydrogen-bond donors (Lipinski definition) is 1. The topological polar surface area (TPSA) is 47.6 Å². The van der Waals surface area contributed by atoms with Crippen LogP contribution in [0.5, 0.6) is 11.5 Å². The Bertz CT molecular complexity index is 718. The quantitative estimate of drug-likeness (QED) is 0.476. The molecule has 140 valence electrons. The zero-order valence-electron chi connectivity index (χ0n) is 15.4. The molecular formula is C21H26BrNO3. The monoisotopic (exact) mass is 419 g/mol. The summed E-state index contributed by atoms with van der Waals surface area (Å²) in [5, 5.41) is 2.95. The highest BCUT2D eigenvalue weighted by atomic mass is 79.9. The zero-order chi connectivity index (χ0) is 18.8. The third kappa shape index (κ3) is 6.06. The minimum Gasteiger partial charge on any atom is -0.493 e. The highest BCUT2D eigenvalue weighted by Crippen LogP contribution is 2.28. The van der Waals surface area contributed by atoms with Gasteiger partial charge in [-0.15, -0.1) is 0 Å². The Morgan fingerprint density at radius 2 is 1.62 bits per heavy atom. The van der Waals surface area contributed by atoms with Gasteiger partial charge in [-0.3, -0.25) is 4.79 Å². The number of carbonyl (C=O) groups excluding carboxylic acids is 1. The number of unbranched alkanes of at least 4 members (excludes halogenated alkanes) is 2. The fourth-order valence-corrected chi connectivity index (χ4v) is 2.70. The Kier molecular flexibility index (Phi) is 8.48. The molecule has 0 saturated heterocycles. The van der Waals surface area contributed by atoms with E-state index in [0.717, 1.165) is 30.2 Å². The van der Waals surface area contributed by atoms with Crippen LogP contribution < -0.4 is 14.8 Å². The lowest BCUT2D eigenvalue weighted by Gasteiger charge is -2.14. The Balaban J connectivity index is 2.16. The van der Waals surface area contributed by atoms with E-state index in [0.29, 0.717) is 36.0 Å². The molecule has 0 aromatic heterocycles. The number of amides is 1. The molecule has 2 aromatic rings. The summed E-state index contributed by atoms with van der Waals surface area (Å²) in [4.78, 5) is 12.8. The van der Waals surface area contributed by atoms with Crippen molar-refractivity contribution in [3.05, 3.63) is 52.5 Å². The molecule has 2 rings (SSSR count). The average molecular weight is 420 g/mol. The van der Waals surface area contributed by atoms with Crippen molar-refractivity contribution in [2.45, 2.75) is 39.5 Å². The first-order chi connectivity index (χ1) is 12.7. The summed E-state index contributed by atoms with van der Waals surface area (Å²) in [6.45, 7) is 5.44. The van der Waals surface area contributed by atoms with Gasteiger partial charge < -0.3 is 14.8 Å². The first-order valence-corrected chi connectivity index (χ1v) is 9.90. The van der Waals surface area contributed by atoms with Crippen molar-refractivity contribution in [1.82, 2.24) is 0 Å². The number of carbonyl (C=O) groups is 1. The molecule has 2 aromatic carbocycles. The summed E-state index contributed by atoms with van der Waals surface area (Å²) in [6.07, 6.45) is 4.03. The third-order valence-electron chi connectivity index (χ3n) is 3.83. The van der Waals surface area contributed by atoms with Crippen LogP contribution in [-0.4, -0.2) is 19.1 Å². The summed E-state index contributed by atoms with van der Waals surface area (Å²) in [5.41, 5.74) is 1.16. The summed E-state index contributed by atoms with van der Waals surface area (Å²) < 4.78 is 12.4. The number of benzene rings is 2. The largest absolute Gasteiger partial charge is 0.493 e. The van der Waals surface area contributed by atoms with Gasteiger partial charge in [0, 0.05) is 4.47 Å². The van der Waals surface area contributed by atoms with E-state index in [9.17, 15) is 4.79 Å². The molecule has 0 unspecified atom stereocenters. The second kappa shape index (κ2) is 10.9. The first-order valence-electron chi connectivity index (χ1n) is 9.11. The Morgan fingerprint density at radius 3 is 2.31 bits per heavy atom. The maximum atomic E-state index is 12.8. The molecule has 1 N–H and O–H groups in total. The van der Waals surface area contributed by atoms with Crippen molar-refractivity contribution in [2.75, 3.05) is 18.5 Å². The lowest BCUT2D eigenvalue weighted by Crippen LogP contribution is -2.15. The van der Waals surface area contributed by atoms with Crippen molar-refractivity contribution in [2.24, 2.45) is 0 Å². The van der Waals surface area contributed by atoms with Crippen molar-refractivity contribution in [3.63, 3.8) is 0 Å². The predicted octanol–water partition coefficient (Wildman–Crippen LogP) is 6.06. The Morgan fingerprint density at radius 1 is 0.962 bits per heavy atom. The highest BCUT2D eigenvalue weighted by Gasteiger charge is 2.15. The van der Waals surface area contributed by atoms with Crippen LogP contribution in [0.2, 0.25) is 0 Å². The molecule has 26 heavy (non-hydrogen) atoms. The SMILES string of the molecule is CCCCOc1ccccc1NC(=O)c1cc(Br)ccc1OCCCC. The maximum Gasteiger partial charge on any atom is 0.259 e. The van der Waals surface area contributed by atoms with Gasteiger partial charge >= 0.3 is 0 Å². The van der Waals surface area contributed by atoms with Crippen LogP contribution in [0.3, 0.4) is 0 Å². The van der Waals surface area contributed by atoms with Gasteiger partial charge in [0.1, 0.15) is 11.5 Å². The summed E-state index contributed by atoms with van der Waals surface area (Å²) in [5.74, 6) is 1.05. The summed E-state index contributed by atoms with van der Waals surface area (Å²) in [6, 6.07) is 13.0. The van der Waals surface area contributed by atoms with Crippen LogP contribution in [0.1, 0.15) is 49.9 Å². The number of nitrogens with one attached hydrogen (secondary N) is 1. The van der Waals surface area contributed by atoms with Crippen molar-refractivity contribution in [3.8, 4) is 11.5 Å². The molecule has 0 aliphatic heterocycles. The number of anilines is 1. The number of hydrogen-bond acceptors (Lipinski definition) is 3. The molecule has 0 aliphatic carbocycles. The maximum absolute atomic E-state index is 12.8. The van der Waals surface area contributed by atoms with Crippen LogP contribution >= 0.6 is 15.9 Å². The second-order valence-electron chi connectivity index (χ2n) is 5.99. The molecule has 0 radical (unpaired) electrons. The van der Waals surface area contributed by atoms with Crippen molar-refractivity contribution in [1.29, 1.82) is 0 Å².